The molecule has 1 aromatic carbocycles. The SMILES string of the molecule is Cc1ccc(C)c(N(C(=O)c2ccc(CS(C)(=O)=O)o2)C(C)C)c1. The molecule has 0 aliphatic rings. The number of aryl methyl sites for hydroxylation is 2. The van der Waals surface area contributed by atoms with Crippen LogP contribution >= 0.6 is 0 Å². The molecule has 0 saturated carbocycles. The molecule has 0 radical (unpaired) electrons. The first-order valence-electron chi connectivity index (χ1n) is 7.76. The maximum absolute atomic E-state index is 12.9. The lowest BCUT2D eigenvalue weighted by atomic mass is 10.1. The van der Waals surface area contributed by atoms with Gasteiger partial charge in [0.25, 0.3) is 5.91 Å². The average molecular weight is 349 g/mol. The molecule has 6 heteroatoms. The molecule has 1 aromatic heterocycles. The minimum atomic E-state index is -3.21. The molecular weight excluding hydrogens is 326 g/mol. The minimum absolute atomic E-state index is 0.0681. The second kappa shape index (κ2) is 6.81. The highest BCUT2D eigenvalue weighted by Crippen LogP contribution is 2.26. The molecule has 0 bridgehead atoms. The Morgan fingerprint density at radius 1 is 1.17 bits per heavy atom. The molecule has 0 aliphatic carbocycles. The molecule has 1 heterocycles. The number of nitrogens with zero attached hydrogens (tertiary/aromatic N) is 1. The topological polar surface area (TPSA) is 67.6 Å². The van der Waals surface area contributed by atoms with Crippen LogP contribution < -0.4 is 4.90 Å². The van der Waals surface area contributed by atoms with Gasteiger partial charge in [0.1, 0.15) is 11.5 Å². The van der Waals surface area contributed by atoms with Crippen LogP contribution in [0.2, 0.25) is 0 Å². The van der Waals surface area contributed by atoms with E-state index >= 15 is 0 Å². The third-order valence-corrected chi connectivity index (χ3v) is 4.45. The van der Waals surface area contributed by atoms with Crippen LogP contribution in [0.5, 0.6) is 0 Å². The Morgan fingerprint density at radius 2 is 1.83 bits per heavy atom. The van der Waals surface area contributed by atoms with Gasteiger partial charge in [0.2, 0.25) is 0 Å². The molecular formula is C18H23NO4S. The summed E-state index contributed by atoms with van der Waals surface area (Å²) in [6, 6.07) is 8.94. The fourth-order valence-electron chi connectivity index (χ4n) is 2.55. The van der Waals surface area contributed by atoms with Gasteiger partial charge in [-0.05, 0) is 57.0 Å². The summed E-state index contributed by atoms with van der Waals surface area (Å²) >= 11 is 0. The van der Waals surface area contributed by atoms with Crippen LogP contribution in [0.3, 0.4) is 0 Å². The lowest BCUT2D eigenvalue weighted by Gasteiger charge is -2.28. The highest BCUT2D eigenvalue weighted by Gasteiger charge is 2.25. The zero-order valence-corrected chi connectivity index (χ0v) is 15.5. The minimum Gasteiger partial charge on any atom is -0.455 e. The van der Waals surface area contributed by atoms with Crippen LogP contribution in [0.4, 0.5) is 5.69 Å². The van der Waals surface area contributed by atoms with Crippen LogP contribution in [0.1, 0.15) is 41.3 Å². The van der Waals surface area contributed by atoms with E-state index in [0.29, 0.717) is 0 Å². The number of benzene rings is 1. The van der Waals surface area contributed by atoms with Gasteiger partial charge in [-0.2, -0.15) is 0 Å². The zero-order chi connectivity index (χ0) is 18.1. The fraction of sp³-hybridized carbons (Fsp3) is 0.389. The molecule has 1 amide bonds. The molecule has 0 spiro atoms. The lowest BCUT2D eigenvalue weighted by molar-refractivity contribution is 0.0951. The first-order chi connectivity index (χ1) is 11.1. The van der Waals surface area contributed by atoms with Gasteiger partial charge < -0.3 is 9.32 Å². The Morgan fingerprint density at radius 3 is 2.42 bits per heavy atom. The Kier molecular flexibility index (Phi) is 5.18. The van der Waals surface area contributed by atoms with E-state index in [-0.39, 0.29) is 29.2 Å². The smallest absolute Gasteiger partial charge is 0.294 e. The molecule has 5 nitrogen and oxygen atoms in total. The molecule has 0 unspecified atom stereocenters. The zero-order valence-electron chi connectivity index (χ0n) is 14.7. The van der Waals surface area contributed by atoms with Gasteiger partial charge in [0.05, 0.1) is 0 Å². The standard InChI is InChI=1S/C18H23NO4S/c1-12(2)19(16-10-13(3)6-7-14(16)4)18(20)17-9-8-15(23-17)11-24(5,21)22/h6-10,12H,11H2,1-5H3. The van der Waals surface area contributed by atoms with E-state index in [0.717, 1.165) is 23.1 Å². The number of sulfone groups is 1. The Hall–Kier alpha value is -2.08. The number of amides is 1. The number of carbonyl (C=O) groups is 1. The highest BCUT2D eigenvalue weighted by molar-refractivity contribution is 7.89. The second-order valence-electron chi connectivity index (χ2n) is 6.39. The van der Waals surface area contributed by atoms with Gasteiger partial charge in [-0.15, -0.1) is 0 Å². The van der Waals surface area contributed by atoms with Crippen LogP contribution in [0.25, 0.3) is 0 Å². The van der Waals surface area contributed by atoms with E-state index in [2.05, 4.69) is 0 Å². The number of hydrogen-bond donors (Lipinski definition) is 0. The van der Waals surface area contributed by atoms with Gasteiger partial charge in [-0.25, -0.2) is 8.42 Å². The summed E-state index contributed by atoms with van der Waals surface area (Å²) in [5.74, 6) is -0.0851. The van der Waals surface area contributed by atoms with E-state index in [4.69, 9.17) is 4.42 Å². The number of furan rings is 1. The molecule has 24 heavy (non-hydrogen) atoms. The van der Waals surface area contributed by atoms with Crippen LogP contribution in [0, 0.1) is 13.8 Å². The largest absolute Gasteiger partial charge is 0.455 e. The predicted octanol–water partition coefficient (Wildman–Crippen LogP) is 3.50. The Balaban J connectivity index is 2.39. The van der Waals surface area contributed by atoms with Crippen LogP contribution in [-0.4, -0.2) is 26.6 Å². The van der Waals surface area contributed by atoms with E-state index in [9.17, 15) is 13.2 Å². The van der Waals surface area contributed by atoms with Crippen molar-refractivity contribution in [3.05, 3.63) is 53.0 Å². The molecule has 0 saturated heterocycles. The van der Waals surface area contributed by atoms with Crippen molar-refractivity contribution in [3.63, 3.8) is 0 Å². The van der Waals surface area contributed by atoms with Crippen molar-refractivity contribution >= 4 is 21.4 Å². The Bertz CT molecular complexity index is 850. The monoisotopic (exact) mass is 349 g/mol. The lowest BCUT2D eigenvalue weighted by Crippen LogP contribution is -2.37. The van der Waals surface area contributed by atoms with Crippen molar-refractivity contribution in [2.24, 2.45) is 0 Å². The van der Waals surface area contributed by atoms with Crippen molar-refractivity contribution in [2.45, 2.75) is 39.5 Å². The summed E-state index contributed by atoms with van der Waals surface area (Å²) in [5.41, 5.74) is 2.88. The van der Waals surface area contributed by atoms with Gasteiger partial charge in [-0.1, -0.05) is 12.1 Å². The maximum Gasteiger partial charge on any atom is 0.294 e. The molecule has 2 aromatic rings. The van der Waals surface area contributed by atoms with Gasteiger partial charge in [0, 0.05) is 18.0 Å². The van der Waals surface area contributed by atoms with E-state index < -0.39 is 9.84 Å². The quantitative estimate of drug-likeness (QED) is 0.828. The van der Waals surface area contributed by atoms with E-state index in [1.54, 1.807) is 4.90 Å². The summed E-state index contributed by atoms with van der Waals surface area (Å²) < 4.78 is 28.2. The molecule has 0 aliphatic heterocycles. The number of anilines is 1. The summed E-state index contributed by atoms with van der Waals surface area (Å²) in [5, 5.41) is 0. The third-order valence-electron chi connectivity index (χ3n) is 3.64. The first-order valence-corrected chi connectivity index (χ1v) is 9.82. The number of carbonyl (C=O) groups excluding carboxylic acids is 1. The van der Waals surface area contributed by atoms with E-state index in [1.165, 1.54) is 12.1 Å². The highest BCUT2D eigenvalue weighted by atomic mass is 32.2. The molecule has 0 atom stereocenters. The fourth-order valence-corrected chi connectivity index (χ4v) is 3.22. The number of rotatable bonds is 5. The van der Waals surface area contributed by atoms with Crippen molar-refractivity contribution in [1.82, 2.24) is 0 Å². The van der Waals surface area contributed by atoms with Crippen molar-refractivity contribution < 1.29 is 17.6 Å². The summed E-state index contributed by atoms with van der Waals surface area (Å²) in [7, 11) is -3.21. The van der Waals surface area contributed by atoms with Gasteiger partial charge >= 0.3 is 0 Å². The Labute approximate surface area is 143 Å². The molecule has 0 N–H and O–H groups in total. The van der Waals surface area contributed by atoms with Crippen molar-refractivity contribution in [3.8, 4) is 0 Å². The average Bonchev–Trinajstić information content (AvgIpc) is 2.88. The summed E-state index contributed by atoms with van der Waals surface area (Å²) in [4.78, 5) is 14.6. The molecule has 2 rings (SSSR count). The summed E-state index contributed by atoms with van der Waals surface area (Å²) in [6.07, 6.45) is 1.13. The van der Waals surface area contributed by atoms with Crippen molar-refractivity contribution in [1.29, 1.82) is 0 Å². The predicted molar refractivity (Wildman–Crippen MR) is 95.1 cm³/mol. The maximum atomic E-state index is 12.9. The van der Waals surface area contributed by atoms with Gasteiger partial charge in [-0.3, -0.25) is 4.79 Å². The summed E-state index contributed by atoms with van der Waals surface area (Å²) in [6.45, 7) is 7.79. The molecule has 130 valence electrons. The van der Waals surface area contributed by atoms with Crippen LogP contribution in [0.15, 0.2) is 34.7 Å². The van der Waals surface area contributed by atoms with Gasteiger partial charge in [0.15, 0.2) is 15.6 Å². The second-order valence-corrected chi connectivity index (χ2v) is 8.54. The molecule has 0 fully saturated rings. The number of hydrogen-bond acceptors (Lipinski definition) is 4. The van der Waals surface area contributed by atoms with E-state index in [1.807, 2.05) is 45.9 Å². The van der Waals surface area contributed by atoms with Crippen molar-refractivity contribution in [2.75, 3.05) is 11.2 Å². The van der Waals surface area contributed by atoms with Crippen LogP contribution in [-0.2, 0) is 15.6 Å². The third kappa shape index (κ3) is 4.26. The normalized spacial score (nSPS) is 11.8. The first kappa shape index (κ1) is 18.3.